The molecule has 0 bridgehead atoms. The molecule has 1 aromatic carbocycles. The number of aromatic nitrogens is 1. The number of pyridine rings is 1. The van der Waals surface area contributed by atoms with E-state index in [4.69, 9.17) is 0 Å². The highest BCUT2D eigenvalue weighted by atomic mass is 16.2. The fraction of sp³-hybridized carbons (Fsp3) is 0.440. The Morgan fingerprint density at radius 2 is 1.81 bits per heavy atom. The van der Waals surface area contributed by atoms with E-state index in [0.29, 0.717) is 12.0 Å². The summed E-state index contributed by atoms with van der Waals surface area (Å²) < 4.78 is 0. The van der Waals surface area contributed by atoms with Gasteiger partial charge in [-0.25, -0.2) is 0 Å². The maximum Gasteiger partial charge on any atom is 0.278 e. The number of hydrogen-bond acceptors (Lipinski definition) is 3. The van der Waals surface area contributed by atoms with Crippen molar-refractivity contribution in [2.75, 3.05) is 4.90 Å². The van der Waals surface area contributed by atoms with Gasteiger partial charge in [0.2, 0.25) is 5.91 Å². The summed E-state index contributed by atoms with van der Waals surface area (Å²) in [5.74, 6) is 0.782. The molecule has 2 heterocycles. The number of anilines is 1. The van der Waals surface area contributed by atoms with Gasteiger partial charge in [-0.15, -0.1) is 0 Å². The summed E-state index contributed by atoms with van der Waals surface area (Å²) in [5, 5.41) is 3.04. The third kappa shape index (κ3) is 4.68. The predicted molar refractivity (Wildman–Crippen MR) is 122 cm³/mol. The van der Waals surface area contributed by atoms with Crippen LogP contribution in [0.5, 0.6) is 0 Å². The fourth-order valence-corrected chi connectivity index (χ4v) is 4.56. The van der Waals surface area contributed by atoms with Crippen molar-refractivity contribution < 1.29 is 9.59 Å². The van der Waals surface area contributed by atoms with Crippen molar-refractivity contribution in [3.63, 3.8) is 0 Å². The lowest BCUT2D eigenvalue weighted by molar-refractivity contribution is -0.126. The number of amidine groups is 1. The molecular weight excluding hydrogens is 388 g/mol. The maximum absolute atomic E-state index is 12.9. The average Bonchev–Trinajstić information content (AvgIpc) is 3.11. The van der Waals surface area contributed by atoms with E-state index in [1.165, 1.54) is 0 Å². The third-order valence-corrected chi connectivity index (χ3v) is 6.16. The number of fused-ring (bicyclic) bond motifs is 1. The topological polar surface area (TPSA) is 74.7 Å². The van der Waals surface area contributed by atoms with Crippen molar-refractivity contribution in [3.05, 3.63) is 59.4 Å². The molecular formula is C25H30N4O2. The van der Waals surface area contributed by atoms with Gasteiger partial charge in [-0.2, -0.15) is 4.99 Å². The van der Waals surface area contributed by atoms with Crippen LogP contribution in [-0.2, 0) is 11.2 Å². The number of nitrogens with zero attached hydrogens (tertiary/aromatic N) is 3. The number of carbonyl (C=O) groups excluding carboxylic acids is 2. The van der Waals surface area contributed by atoms with E-state index < -0.39 is 0 Å². The summed E-state index contributed by atoms with van der Waals surface area (Å²) in [6.07, 6.45) is 7.75. The summed E-state index contributed by atoms with van der Waals surface area (Å²) >= 11 is 0. The van der Waals surface area contributed by atoms with E-state index in [1.807, 2.05) is 57.3 Å². The van der Waals surface area contributed by atoms with Crippen LogP contribution >= 0.6 is 0 Å². The Morgan fingerprint density at radius 1 is 1.10 bits per heavy atom. The van der Waals surface area contributed by atoms with Crippen LogP contribution in [0.25, 0.3) is 0 Å². The van der Waals surface area contributed by atoms with Gasteiger partial charge in [-0.05, 0) is 64.7 Å². The van der Waals surface area contributed by atoms with Gasteiger partial charge in [-0.1, -0.05) is 17.7 Å². The summed E-state index contributed by atoms with van der Waals surface area (Å²) in [6, 6.07) is 9.92. The summed E-state index contributed by atoms with van der Waals surface area (Å²) in [5.41, 5.74) is 3.89. The number of aliphatic imine (C=N–C) groups is 1. The molecule has 0 unspecified atom stereocenters. The number of carbonyl (C=O) groups is 2. The molecule has 31 heavy (non-hydrogen) atoms. The number of hydrogen-bond donors (Lipinski definition) is 1. The molecule has 0 atom stereocenters. The second kappa shape index (κ2) is 9.00. The number of amides is 2. The lowest BCUT2D eigenvalue weighted by Gasteiger charge is -2.36. The minimum atomic E-state index is -0.217. The van der Waals surface area contributed by atoms with Crippen molar-refractivity contribution in [2.45, 2.75) is 65.0 Å². The van der Waals surface area contributed by atoms with Crippen LogP contribution in [0.1, 0.15) is 61.0 Å². The molecule has 1 saturated carbocycles. The Bertz CT molecular complexity index is 989. The standard InChI is InChI=1S/C25H30N4O2/c1-16(2)27-24(30)19-8-10-21(11-9-19)29-22-12-13-26-15-20(22)14-23(29)28-25(31)18-6-4-17(3)5-7-18/h4-7,12-13,15-16,19,21H,8-11,14H2,1-3H3,(H,27,30). The SMILES string of the molecule is Cc1ccc(C(=O)N=C2Cc3cnccc3N2C2CCC(C(=O)NC(C)C)CC2)cc1. The first-order valence-electron chi connectivity index (χ1n) is 11.1. The third-order valence-electron chi connectivity index (χ3n) is 6.16. The van der Waals surface area contributed by atoms with E-state index in [1.54, 1.807) is 6.20 Å². The highest BCUT2D eigenvalue weighted by molar-refractivity contribution is 6.12. The molecule has 1 N–H and O–H groups in total. The van der Waals surface area contributed by atoms with Crippen LogP contribution in [0.3, 0.4) is 0 Å². The average molecular weight is 419 g/mol. The first kappa shape index (κ1) is 21.2. The Kier molecular flexibility index (Phi) is 6.16. The normalized spacial score (nSPS) is 21.9. The molecule has 4 rings (SSSR count). The monoisotopic (exact) mass is 418 g/mol. The van der Waals surface area contributed by atoms with Gasteiger partial charge in [0.1, 0.15) is 5.84 Å². The van der Waals surface area contributed by atoms with Crippen molar-refractivity contribution >= 4 is 23.3 Å². The molecule has 1 fully saturated rings. The van der Waals surface area contributed by atoms with Gasteiger partial charge in [0.05, 0.1) is 0 Å². The van der Waals surface area contributed by atoms with Crippen molar-refractivity contribution in [1.82, 2.24) is 10.3 Å². The van der Waals surface area contributed by atoms with Crippen LogP contribution < -0.4 is 10.2 Å². The molecule has 2 aromatic rings. The molecule has 1 aromatic heterocycles. The second-order valence-electron chi connectivity index (χ2n) is 8.92. The van der Waals surface area contributed by atoms with Gasteiger partial charge in [0, 0.05) is 53.6 Å². The second-order valence-corrected chi connectivity index (χ2v) is 8.92. The van der Waals surface area contributed by atoms with E-state index >= 15 is 0 Å². The van der Waals surface area contributed by atoms with Gasteiger partial charge >= 0.3 is 0 Å². The summed E-state index contributed by atoms with van der Waals surface area (Å²) in [6.45, 7) is 5.99. The molecule has 2 aliphatic rings. The summed E-state index contributed by atoms with van der Waals surface area (Å²) in [4.78, 5) is 36.3. The number of benzene rings is 1. The van der Waals surface area contributed by atoms with Gasteiger partial charge in [-0.3, -0.25) is 14.6 Å². The minimum absolute atomic E-state index is 0.0627. The number of rotatable bonds is 4. The quantitative estimate of drug-likeness (QED) is 0.812. The van der Waals surface area contributed by atoms with Crippen LogP contribution in [0.2, 0.25) is 0 Å². The van der Waals surface area contributed by atoms with Gasteiger partial charge in [0.15, 0.2) is 0 Å². The predicted octanol–water partition coefficient (Wildman–Crippen LogP) is 4.07. The van der Waals surface area contributed by atoms with E-state index in [9.17, 15) is 9.59 Å². The first-order chi connectivity index (χ1) is 14.9. The van der Waals surface area contributed by atoms with Crippen LogP contribution in [0.15, 0.2) is 47.7 Å². The minimum Gasteiger partial charge on any atom is -0.354 e. The molecule has 1 aliphatic carbocycles. The fourth-order valence-electron chi connectivity index (χ4n) is 4.56. The smallest absolute Gasteiger partial charge is 0.278 e. The Labute approximate surface area is 183 Å². The molecule has 162 valence electrons. The highest BCUT2D eigenvalue weighted by Gasteiger charge is 2.36. The first-order valence-corrected chi connectivity index (χ1v) is 11.1. The van der Waals surface area contributed by atoms with E-state index in [0.717, 1.165) is 48.3 Å². The number of aryl methyl sites for hydroxylation is 1. The molecule has 0 radical (unpaired) electrons. The Morgan fingerprint density at radius 3 is 2.48 bits per heavy atom. The van der Waals surface area contributed by atoms with E-state index in [2.05, 4.69) is 20.2 Å². The van der Waals surface area contributed by atoms with Crippen LogP contribution in [0, 0.1) is 12.8 Å². The molecule has 1 aliphatic heterocycles. The number of nitrogens with one attached hydrogen (secondary N) is 1. The van der Waals surface area contributed by atoms with Crippen molar-refractivity contribution in [3.8, 4) is 0 Å². The molecule has 6 heteroatoms. The van der Waals surface area contributed by atoms with Gasteiger partial charge in [0.25, 0.3) is 5.91 Å². The molecule has 0 saturated heterocycles. The zero-order valence-electron chi connectivity index (χ0n) is 18.5. The lowest BCUT2D eigenvalue weighted by atomic mass is 9.84. The van der Waals surface area contributed by atoms with Gasteiger partial charge < -0.3 is 10.2 Å². The summed E-state index contributed by atoms with van der Waals surface area (Å²) in [7, 11) is 0. The zero-order valence-corrected chi connectivity index (χ0v) is 18.5. The van der Waals surface area contributed by atoms with Crippen LogP contribution in [0.4, 0.5) is 5.69 Å². The lowest BCUT2D eigenvalue weighted by Crippen LogP contribution is -2.44. The zero-order chi connectivity index (χ0) is 22.0. The Hall–Kier alpha value is -3.02. The largest absolute Gasteiger partial charge is 0.354 e. The van der Waals surface area contributed by atoms with Crippen LogP contribution in [-0.4, -0.2) is 34.7 Å². The highest BCUT2D eigenvalue weighted by Crippen LogP contribution is 2.36. The van der Waals surface area contributed by atoms with Crippen molar-refractivity contribution in [1.29, 1.82) is 0 Å². The molecule has 6 nitrogen and oxygen atoms in total. The van der Waals surface area contributed by atoms with E-state index in [-0.39, 0.29) is 29.8 Å². The molecule has 0 spiro atoms. The molecule has 2 amide bonds. The Balaban J connectivity index is 1.54. The van der Waals surface area contributed by atoms with Crippen molar-refractivity contribution in [2.24, 2.45) is 10.9 Å². The maximum atomic E-state index is 12.9.